The van der Waals surface area contributed by atoms with Crippen molar-refractivity contribution in [3.05, 3.63) is 52.3 Å². The van der Waals surface area contributed by atoms with Gasteiger partial charge in [-0.15, -0.1) is 0 Å². The van der Waals surface area contributed by atoms with E-state index in [-0.39, 0.29) is 5.69 Å². The van der Waals surface area contributed by atoms with Crippen LogP contribution in [0.1, 0.15) is 11.8 Å². The lowest BCUT2D eigenvalue weighted by Crippen LogP contribution is -2.12. The van der Waals surface area contributed by atoms with Crippen LogP contribution in [0.15, 0.2) is 36.5 Å². The van der Waals surface area contributed by atoms with Crippen LogP contribution in [0.2, 0.25) is 0 Å². The van der Waals surface area contributed by atoms with Crippen molar-refractivity contribution in [2.45, 2.75) is 6.10 Å². The molecule has 0 saturated carbocycles. The van der Waals surface area contributed by atoms with Crippen molar-refractivity contribution in [3.8, 4) is 5.69 Å². The fourth-order valence-corrected chi connectivity index (χ4v) is 1.35. The van der Waals surface area contributed by atoms with Crippen molar-refractivity contribution in [2.24, 2.45) is 0 Å². The topological polar surface area (TPSA) is 94.1 Å². The zero-order chi connectivity index (χ0) is 12.3. The number of hydrogen-bond acceptors (Lipinski definition) is 5. The average Bonchev–Trinajstić information content (AvgIpc) is 2.78. The van der Waals surface area contributed by atoms with Crippen molar-refractivity contribution >= 4 is 0 Å². The molecule has 2 rings (SSSR count). The van der Waals surface area contributed by atoms with Crippen LogP contribution >= 0.6 is 0 Å². The van der Waals surface area contributed by atoms with E-state index in [2.05, 4.69) is 10.2 Å². The maximum Gasteiger partial charge on any atom is 0.235 e. The fourth-order valence-electron chi connectivity index (χ4n) is 1.35. The summed E-state index contributed by atoms with van der Waals surface area (Å²) in [6.45, 7) is -0.576. The molecule has 7 heteroatoms. The third-order valence-corrected chi connectivity index (χ3v) is 2.16. The van der Waals surface area contributed by atoms with Crippen LogP contribution in [0.3, 0.4) is 0 Å². The maximum absolute atomic E-state index is 10.3. The highest BCUT2D eigenvalue weighted by atomic mass is 16.6. The molecule has 17 heavy (non-hydrogen) atoms. The van der Waals surface area contributed by atoms with Gasteiger partial charge >= 0.3 is 0 Å². The Kier molecular flexibility index (Phi) is 3.10. The zero-order valence-corrected chi connectivity index (χ0v) is 8.80. The Morgan fingerprint density at radius 1 is 1.41 bits per heavy atom. The molecular weight excluding hydrogens is 224 g/mol. The largest absolute Gasteiger partial charge is 0.380 e. The van der Waals surface area contributed by atoms with Crippen molar-refractivity contribution in [1.29, 1.82) is 0 Å². The molecule has 0 unspecified atom stereocenters. The Morgan fingerprint density at radius 3 is 2.76 bits per heavy atom. The lowest BCUT2D eigenvalue weighted by molar-refractivity contribution is -0.491. The number of hydrogen-bond donors (Lipinski definition) is 1. The van der Waals surface area contributed by atoms with E-state index in [9.17, 15) is 15.2 Å². The molecule has 0 aliphatic carbocycles. The molecular formula is C10H10N4O3. The predicted molar refractivity (Wildman–Crippen MR) is 58.2 cm³/mol. The van der Waals surface area contributed by atoms with Crippen LogP contribution in [-0.2, 0) is 0 Å². The lowest BCUT2D eigenvalue weighted by Gasteiger charge is -2.00. The van der Waals surface area contributed by atoms with Gasteiger partial charge < -0.3 is 5.11 Å². The van der Waals surface area contributed by atoms with Gasteiger partial charge in [-0.05, 0) is 12.1 Å². The zero-order valence-electron chi connectivity index (χ0n) is 8.80. The number of nitrogens with zero attached hydrogens (tertiary/aromatic N) is 4. The molecule has 1 atom stereocenters. The first-order valence-corrected chi connectivity index (χ1v) is 4.94. The molecule has 0 aliphatic rings. The molecule has 0 aliphatic heterocycles. The maximum atomic E-state index is 10.3. The second kappa shape index (κ2) is 4.71. The third-order valence-electron chi connectivity index (χ3n) is 2.16. The van der Waals surface area contributed by atoms with Gasteiger partial charge in [0.15, 0.2) is 6.10 Å². The smallest absolute Gasteiger partial charge is 0.235 e. The number of aliphatic hydroxyl groups excluding tert-OH is 1. The SMILES string of the molecule is O=[N+]([O-])C[C@@H](O)c1cnn(-c2ccccc2)n1. The standard InChI is InChI=1S/C10H10N4O3/c15-10(7-13(16)17)9-6-11-14(12-9)8-4-2-1-3-5-8/h1-6,10,15H,7H2/t10-/m1/s1. The van der Waals surface area contributed by atoms with Gasteiger partial charge in [0.25, 0.3) is 0 Å². The number of aliphatic hydroxyl groups is 1. The number of rotatable bonds is 4. The summed E-state index contributed by atoms with van der Waals surface area (Å²) in [5.74, 6) is 0. The molecule has 0 radical (unpaired) electrons. The number of aromatic nitrogens is 3. The second-order valence-electron chi connectivity index (χ2n) is 3.43. The van der Waals surface area contributed by atoms with Gasteiger partial charge in [0, 0.05) is 4.92 Å². The van der Waals surface area contributed by atoms with Crippen LogP contribution in [0.5, 0.6) is 0 Å². The normalized spacial score (nSPS) is 12.3. The molecule has 88 valence electrons. The Morgan fingerprint density at radius 2 is 2.12 bits per heavy atom. The molecule has 1 N–H and O–H groups in total. The number of nitro groups is 1. The first-order valence-electron chi connectivity index (χ1n) is 4.94. The highest BCUT2D eigenvalue weighted by Gasteiger charge is 2.17. The summed E-state index contributed by atoms with van der Waals surface area (Å²) < 4.78 is 0. The van der Waals surface area contributed by atoms with Crippen molar-refractivity contribution < 1.29 is 10.0 Å². The third kappa shape index (κ3) is 2.64. The number of benzene rings is 1. The van der Waals surface area contributed by atoms with Gasteiger partial charge in [-0.25, -0.2) is 0 Å². The first-order chi connectivity index (χ1) is 8.16. The van der Waals surface area contributed by atoms with Gasteiger partial charge in [-0.1, -0.05) is 18.2 Å². The van der Waals surface area contributed by atoms with E-state index in [0.717, 1.165) is 5.69 Å². The Labute approximate surface area is 96.5 Å². The summed E-state index contributed by atoms with van der Waals surface area (Å²) in [7, 11) is 0. The Balaban J connectivity index is 2.19. The van der Waals surface area contributed by atoms with Crippen LogP contribution in [0, 0.1) is 10.1 Å². The second-order valence-corrected chi connectivity index (χ2v) is 3.43. The molecule has 0 amide bonds. The lowest BCUT2D eigenvalue weighted by atomic mass is 10.3. The fraction of sp³-hybridized carbons (Fsp3) is 0.200. The van der Waals surface area contributed by atoms with Gasteiger partial charge in [-0.3, -0.25) is 10.1 Å². The minimum absolute atomic E-state index is 0.186. The monoisotopic (exact) mass is 234 g/mol. The van der Waals surface area contributed by atoms with Crippen LogP contribution in [-0.4, -0.2) is 31.6 Å². The molecule has 0 spiro atoms. The molecule has 2 aromatic rings. The Bertz CT molecular complexity index is 511. The van der Waals surface area contributed by atoms with E-state index < -0.39 is 17.6 Å². The summed E-state index contributed by atoms with van der Waals surface area (Å²) in [5.41, 5.74) is 0.914. The van der Waals surface area contributed by atoms with E-state index in [1.165, 1.54) is 11.0 Å². The summed E-state index contributed by atoms with van der Waals surface area (Å²) in [6.07, 6.45) is 0.0868. The van der Waals surface area contributed by atoms with E-state index in [4.69, 9.17) is 0 Å². The minimum atomic E-state index is -1.23. The minimum Gasteiger partial charge on any atom is -0.380 e. The van der Waals surface area contributed by atoms with Gasteiger partial charge in [-0.2, -0.15) is 15.0 Å². The highest BCUT2D eigenvalue weighted by molar-refractivity contribution is 5.28. The molecule has 1 aromatic carbocycles. The molecule has 1 heterocycles. The van der Waals surface area contributed by atoms with Crippen LogP contribution in [0.4, 0.5) is 0 Å². The first kappa shape index (κ1) is 11.2. The average molecular weight is 234 g/mol. The summed E-state index contributed by atoms with van der Waals surface area (Å²) >= 11 is 0. The van der Waals surface area contributed by atoms with Gasteiger partial charge in [0.05, 0.1) is 11.9 Å². The molecule has 0 bridgehead atoms. The highest BCUT2D eigenvalue weighted by Crippen LogP contribution is 2.10. The van der Waals surface area contributed by atoms with E-state index >= 15 is 0 Å². The van der Waals surface area contributed by atoms with E-state index in [1.54, 1.807) is 12.1 Å². The molecule has 0 saturated heterocycles. The Hall–Kier alpha value is -2.28. The van der Waals surface area contributed by atoms with Crippen molar-refractivity contribution in [2.75, 3.05) is 6.54 Å². The molecule has 1 aromatic heterocycles. The van der Waals surface area contributed by atoms with Crippen LogP contribution in [0.25, 0.3) is 5.69 Å². The predicted octanol–water partition coefficient (Wildman–Crippen LogP) is 0.577. The van der Waals surface area contributed by atoms with Crippen LogP contribution < -0.4 is 0 Å². The van der Waals surface area contributed by atoms with E-state index in [0.29, 0.717) is 0 Å². The van der Waals surface area contributed by atoms with Gasteiger partial charge in [0.2, 0.25) is 6.54 Å². The van der Waals surface area contributed by atoms with E-state index in [1.807, 2.05) is 18.2 Å². The molecule has 0 fully saturated rings. The summed E-state index contributed by atoms with van der Waals surface area (Å²) in [5, 5.41) is 27.7. The van der Waals surface area contributed by atoms with Crippen molar-refractivity contribution in [1.82, 2.24) is 15.0 Å². The van der Waals surface area contributed by atoms with Gasteiger partial charge in [0.1, 0.15) is 5.69 Å². The number of para-hydroxylation sites is 1. The molecule has 7 nitrogen and oxygen atoms in total. The quantitative estimate of drug-likeness (QED) is 0.616. The van der Waals surface area contributed by atoms with Crippen molar-refractivity contribution in [3.63, 3.8) is 0 Å². The summed E-state index contributed by atoms with van der Waals surface area (Å²) in [6, 6.07) is 9.10. The summed E-state index contributed by atoms with van der Waals surface area (Å²) in [4.78, 5) is 11.0.